The number of pyridine rings is 1. The van der Waals surface area contributed by atoms with Crippen LogP contribution in [0.3, 0.4) is 0 Å². The molecule has 0 aliphatic carbocycles. The minimum Gasteiger partial charge on any atom is -0.417 e. The van der Waals surface area contributed by atoms with Crippen LogP contribution < -0.4 is 15.4 Å². The molecule has 1 aromatic heterocycles. The highest BCUT2D eigenvalue weighted by molar-refractivity contribution is 5.99. The van der Waals surface area contributed by atoms with E-state index in [1.165, 1.54) is 6.07 Å². The summed E-state index contributed by atoms with van der Waals surface area (Å²) in [5.41, 5.74) is 8.62. The Morgan fingerprint density at radius 1 is 1.27 bits per heavy atom. The maximum atomic E-state index is 12.1. The molecule has 118 valence electrons. The molecule has 0 atom stereocenters. The van der Waals surface area contributed by atoms with Crippen LogP contribution in [0.2, 0.25) is 0 Å². The summed E-state index contributed by atoms with van der Waals surface area (Å²) in [5.74, 6) is 0.390. The van der Waals surface area contributed by atoms with Crippen molar-refractivity contribution in [2.75, 3.05) is 24.5 Å². The molecular weight excluding hydrogens is 290 g/mol. The van der Waals surface area contributed by atoms with E-state index in [1.807, 2.05) is 6.08 Å². The first kappa shape index (κ1) is 14.7. The molecule has 22 heavy (non-hydrogen) atoms. The third-order valence-corrected chi connectivity index (χ3v) is 3.99. The zero-order valence-electron chi connectivity index (χ0n) is 12.1. The van der Waals surface area contributed by atoms with Gasteiger partial charge in [-0.1, -0.05) is 0 Å². The van der Waals surface area contributed by atoms with Gasteiger partial charge in [-0.05, 0) is 25.0 Å². The molecule has 7 heteroatoms. The van der Waals surface area contributed by atoms with Crippen molar-refractivity contribution in [3.63, 3.8) is 0 Å². The van der Waals surface area contributed by atoms with Gasteiger partial charge in [0.05, 0.1) is 18.4 Å². The van der Waals surface area contributed by atoms with Crippen LogP contribution in [0.15, 0.2) is 35.1 Å². The molecule has 0 unspecified atom stereocenters. The van der Waals surface area contributed by atoms with Crippen molar-refractivity contribution in [1.29, 1.82) is 0 Å². The molecule has 3 rings (SSSR count). The summed E-state index contributed by atoms with van der Waals surface area (Å²) in [7, 11) is 0. The number of piperidine rings is 1. The quantitative estimate of drug-likeness (QED) is 0.926. The van der Waals surface area contributed by atoms with Gasteiger partial charge in [-0.2, -0.15) is 8.78 Å². The van der Waals surface area contributed by atoms with Gasteiger partial charge in [0.25, 0.3) is 0 Å². The van der Waals surface area contributed by atoms with Gasteiger partial charge in [-0.25, -0.2) is 4.98 Å². The van der Waals surface area contributed by atoms with Crippen molar-refractivity contribution < 1.29 is 13.5 Å². The SMILES string of the molecule is NC1=CC(C2CCN(c3ccc(OC(F)F)nc3)CC2)=NC1. The lowest BCUT2D eigenvalue weighted by molar-refractivity contribution is -0.0528. The van der Waals surface area contributed by atoms with E-state index in [4.69, 9.17) is 5.73 Å². The predicted molar refractivity (Wildman–Crippen MR) is 80.4 cm³/mol. The van der Waals surface area contributed by atoms with E-state index in [9.17, 15) is 8.78 Å². The van der Waals surface area contributed by atoms with Crippen molar-refractivity contribution >= 4 is 11.4 Å². The second-order valence-electron chi connectivity index (χ2n) is 5.45. The number of rotatable bonds is 4. The summed E-state index contributed by atoms with van der Waals surface area (Å²) in [5, 5.41) is 0. The third-order valence-electron chi connectivity index (χ3n) is 3.99. The number of aliphatic imine (C=N–C) groups is 1. The van der Waals surface area contributed by atoms with Gasteiger partial charge in [0.2, 0.25) is 5.88 Å². The molecule has 2 aliphatic heterocycles. The minimum atomic E-state index is -2.85. The van der Waals surface area contributed by atoms with E-state index in [1.54, 1.807) is 12.3 Å². The highest BCUT2D eigenvalue weighted by atomic mass is 19.3. The van der Waals surface area contributed by atoms with E-state index >= 15 is 0 Å². The molecule has 0 aromatic carbocycles. The zero-order valence-corrected chi connectivity index (χ0v) is 12.1. The Balaban J connectivity index is 1.57. The van der Waals surface area contributed by atoms with E-state index < -0.39 is 6.61 Å². The average Bonchev–Trinajstić information content (AvgIpc) is 2.94. The summed E-state index contributed by atoms with van der Waals surface area (Å²) >= 11 is 0. The lowest BCUT2D eigenvalue weighted by Crippen LogP contribution is -2.35. The maximum absolute atomic E-state index is 12.1. The molecular formula is C15H18F2N4O. The molecule has 0 amide bonds. The number of hydrogen-bond donors (Lipinski definition) is 1. The average molecular weight is 308 g/mol. The third kappa shape index (κ3) is 3.35. The van der Waals surface area contributed by atoms with Gasteiger partial charge in [-0.15, -0.1) is 0 Å². The molecule has 0 radical (unpaired) electrons. The Morgan fingerprint density at radius 3 is 2.59 bits per heavy atom. The van der Waals surface area contributed by atoms with Crippen molar-refractivity contribution in [2.45, 2.75) is 19.5 Å². The van der Waals surface area contributed by atoms with Crippen LogP contribution in [-0.2, 0) is 0 Å². The molecule has 2 aliphatic rings. The van der Waals surface area contributed by atoms with Crippen molar-refractivity contribution in [1.82, 2.24) is 4.98 Å². The first-order valence-corrected chi connectivity index (χ1v) is 7.28. The number of anilines is 1. The predicted octanol–water partition coefficient (Wildman–Crippen LogP) is 2.20. The summed E-state index contributed by atoms with van der Waals surface area (Å²) in [6.45, 7) is -0.463. The van der Waals surface area contributed by atoms with Gasteiger partial charge >= 0.3 is 6.61 Å². The number of allylic oxidation sites excluding steroid dienone is 1. The second-order valence-corrected chi connectivity index (χ2v) is 5.45. The van der Waals surface area contributed by atoms with Crippen molar-refractivity contribution in [3.05, 3.63) is 30.1 Å². The van der Waals surface area contributed by atoms with Gasteiger partial charge in [0, 0.05) is 36.5 Å². The topological polar surface area (TPSA) is 63.7 Å². The molecule has 3 heterocycles. The minimum absolute atomic E-state index is 0.0606. The summed E-state index contributed by atoms with van der Waals surface area (Å²) < 4.78 is 28.4. The fraction of sp³-hybridized carbons (Fsp3) is 0.467. The number of alkyl halides is 2. The van der Waals surface area contributed by atoms with Crippen LogP contribution >= 0.6 is 0 Å². The molecule has 2 N–H and O–H groups in total. The summed E-state index contributed by atoms with van der Waals surface area (Å²) in [6, 6.07) is 3.23. The Kier molecular flexibility index (Phi) is 4.22. The van der Waals surface area contributed by atoms with Gasteiger partial charge < -0.3 is 15.4 Å². The van der Waals surface area contributed by atoms with Crippen LogP contribution in [0.4, 0.5) is 14.5 Å². The monoisotopic (exact) mass is 308 g/mol. The van der Waals surface area contributed by atoms with Crippen LogP contribution in [-0.4, -0.2) is 36.9 Å². The Hall–Kier alpha value is -2.18. The van der Waals surface area contributed by atoms with Gasteiger partial charge in [0.15, 0.2) is 0 Å². The maximum Gasteiger partial charge on any atom is 0.388 e. The van der Waals surface area contributed by atoms with Crippen LogP contribution in [0.25, 0.3) is 0 Å². The normalized spacial score (nSPS) is 19.3. The Morgan fingerprint density at radius 2 is 2.05 bits per heavy atom. The van der Waals surface area contributed by atoms with Crippen molar-refractivity contribution in [3.8, 4) is 5.88 Å². The first-order chi connectivity index (χ1) is 10.6. The number of hydrogen-bond acceptors (Lipinski definition) is 5. The number of aromatic nitrogens is 1. The Labute approximate surface area is 127 Å². The fourth-order valence-electron chi connectivity index (χ4n) is 2.86. The largest absolute Gasteiger partial charge is 0.417 e. The Bertz CT molecular complexity index is 578. The highest BCUT2D eigenvalue weighted by Crippen LogP contribution is 2.26. The highest BCUT2D eigenvalue weighted by Gasteiger charge is 2.24. The van der Waals surface area contributed by atoms with Gasteiger partial charge in [0.1, 0.15) is 0 Å². The van der Waals surface area contributed by atoms with E-state index in [2.05, 4.69) is 19.6 Å². The van der Waals surface area contributed by atoms with E-state index in [0.29, 0.717) is 12.5 Å². The number of halogens is 2. The molecule has 5 nitrogen and oxygen atoms in total. The molecule has 1 aromatic rings. The lowest BCUT2D eigenvalue weighted by atomic mass is 9.91. The van der Waals surface area contributed by atoms with Crippen LogP contribution in [0.5, 0.6) is 5.88 Å². The number of nitrogens with zero attached hydrogens (tertiary/aromatic N) is 3. The second kappa shape index (κ2) is 6.29. The molecule has 1 fully saturated rings. The fourth-order valence-corrected chi connectivity index (χ4v) is 2.86. The van der Waals surface area contributed by atoms with E-state index in [0.717, 1.165) is 43.0 Å². The molecule has 0 spiro atoms. The molecule has 1 saturated heterocycles. The van der Waals surface area contributed by atoms with Crippen LogP contribution in [0.1, 0.15) is 12.8 Å². The first-order valence-electron chi connectivity index (χ1n) is 7.28. The van der Waals surface area contributed by atoms with Crippen molar-refractivity contribution in [2.24, 2.45) is 16.6 Å². The standard InChI is InChI=1S/C15H18F2N4O/c16-15(17)22-14-2-1-12(9-20-14)21-5-3-10(4-6-21)13-7-11(18)8-19-13/h1-2,7,9-10,15H,3-6,8,18H2. The van der Waals surface area contributed by atoms with E-state index in [-0.39, 0.29) is 5.88 Å². The number of nitrogens with two attached hydrogens (primary N) is 1. The summed E-state index contributed by atoms with van der Waals surface area (Å²) in [6.07, 6.45) is 5.55. The smallest absolute Gasteiger partial charge is 0.388 e. The molecule has 0 saturated carbocycles. The zero-order chi connectivity index (χ0) is 15.5. The summed E-state index contributed by atoms with van der Waals surface area (Å²) in [4.78, 5) is 10.6. The molecule has 0 bridgehead atoms. The lowest BCUT2D eigenvalue weighted by Gasteiger charge is -2.33. The van der Waals surface area contributed by atoms with Gasteiger partial charge in [-0.3, -0.25) is 4.99 Å². The van der Waals surface area contributed by atoms with Crippen LogP contribution in [0, 0.1) is 5.92 Å². The number of ether oxygens (including phenoxy) is 1.